The Morgan fingerprint density at radius 2 is 1.95 bits per heavy atom. The molecule has 0 unspecified atom stereocenters. The van der Waals surface area contributed by atoms with Crippen molar-refractivity contribution in [2.45, 2.75) is 27.2 Å². The van der Waals surface area contributed by atoms with Crippen LogP contribution in [-0.4, -0.2) is 42.0 Å². The molecule has 1 aromatic heterocycles. The van der Waals surface area contributed by atoms with Crippen molar-refractivity contribution in [1.82, 2.24) is 9.88 Å². The van der Waals surface area contributed by atoms with Gasteiger partial charge in [0.25, 0.3) is 0 Å². The van der Waals surface area contributed by atoms with Crippen LogP contribution in [0, 0.1) is 5.82 Å². The number of amides is 1. The summed E-state index contributed by atoms with van der Waals surface area (Å²) in [5.41, 5.74) is 0. The molecule has 0 bridgehead atoms. The van der Waals surface area contributed by atoms with Gasteiger partial charge in [-0.15, -0.1) is 0 Å². The predicted molar refractivity (Wildman–Crippen MR) is 74.6 cm³/mol. The van der Waals surface area contributed by atoms with Crippen LogP contribution in [0.2, 0.25) is 0 Å². The van der Waals surface area contributed by atoms with Crippen LogP contribution in [0.4, 0.5) is 10.2 Å². The van der Waals surface area contributed by atoms with Crippen LogP contribution in [0.5, 0.6) is 0 Å². The average Bonchev–Trinajstić information content (AvgIpc) is 2.68. The zero-order chi connectivity index (χ0) is 14.3. The average molecular weight is 267 g/mol. The van der Waals surface area contributed by atoms with E-state index in [2.05, 4.69) is 9.88 Å². The maximum atomic E-state index is 12.8. The maximum Gasteiger partial charge on any atom is 0.219 e. The summed E-state index contributed by atoms with van der Waals surface area (Å²) in [4.78, 5) is 19.3. The number of halogens is 1. The lowest BCUT2D eigenvalue weighted by molar-refractivity contribution is -0.128. The Hall–Kier alpha value is -1.65. The summed E-state index contributed by atoms with van der Waals surface area (Å²) in [6.07, 6.45) is 2.14. The third kappa shape index (κ3) is 4.50. The lowest BCUT2D eigenvalue weighted by Crippen LogP contribution is -2.33. The SMILES string of the molecule is CC.CC(=O)N1CCCN(c2ccc(F)cn2)CC1. The van der Waals surface area contributed by atoms with E-state index in [-0.39, 0.29) is 11.7 Å². The number of aromatic nitrogens is 1. The first kappa shape index (κ1) is 15.4. The first-order chi connectivity index (χ1) is 9.16. The number of carbonyl (C=O) groups is 1. The third-order valence-electron chi connectivity index (χ3n) is 2.98. The Morgan fingerprint density at radius 3 is 2.53 bits per heavy atom. The second-order valence-electron chi connectivity index (χ2n) is 4.18. The van der Waals surface area contributed by atoms with Gasteiger partial charge >= 0.3 is 0 Å². The summed E-state index contributed by atoms with van der Waals surface area (Å²) >= 11 is 0. The largest absolute Gasteiger partial charge is 0.355 e. The van der Waals surface area contributed by atoms with Crippen LogP contribution >= 0.6 is 0 Å². The van der Waals surface area contributed by atoms with Crippen LogP contribution in [0.3, 0.4) is 0 Å². The minimum Gasteiger partial charge on any atom is -0.355 e. The highest BCUT2D eigenvalue weighted by atomic mass is 19.1. The molecule has 0 saturated carbocycles. The van der Waals surface area contributed by atoms with Gasteiger partial charge in [-0.25, -0.2) is 9.37 Å². The Bertz CT molecular complexity index is 394. The molecule has 19 heavy (non-hydrogen) atoms. The van der Waals surface area contributed by atoms with Crippen LogP contribution in [0.25, 0.3) is 0 Å². The van der Waals surface area contributed by atoms with E-state index < -0.39 is 0 Å². The zero-order valence-electron chi connectivity index (χ0n) is 11.9. The molecule has 1 aliphatic rings. The quantitative estimate of drug-likeness (QED) is 0.783. The molecule has 0 N–H and O–H groups in total. The highest BCUT2D eigenvalue weighted by molar-refractivity contribution is 5.73. The van der Waals surface area contributed by atoms with Crippen molar-refractivity contribution in [1.29, 1.82) is 0 Å². The molecule has 0 aliphatic carbocycles. The van der Waals surface area contributed by atoms with Crippen molar-refractivity contribution in [2.24, 2.45) is 0 Å². The standard InChI is InChI=1S/C12H16FN3O.C2H6/c1-10(17)15-5-2-6-16(8-7-15)12-4-3-11(13)9-14-12;1-2/h3-4,9H,2,5-8H2,1H3;1-2H3. The normalized spacial score (nSPS) is 15.4. The molecule has 106 valence electrons. The first-order valence-electron chi connectivity index (χ1n) is 6.79. The molecule has 0 radical (unpaired) electrons. The minimum atomic E-state index is -0.325. The van der Waals surface area contributed by atoms with E-state index in [4.69, 9.17) is 0 Å². The van der Waals surface area contributed by atoms with Crippen molar-refractivity contribution in [3.8, 4) is 0 Å². The molecule has 1 fully saturated rings. The molecule has 1 aromatic rings. The second-order valence-corrected chi connectivity index (χ2v) is 4.18. The van der Waals surface area contributed by atoms with Crippen molar-refractivity contribution in [2.75, 3.05) is 31.1 Å². The fourth-order valence-electron chi connectivity index (χ4n) is 2.02. The number of nitrogens with zero attached hydrogens (tertiary/aromatic N) is 3. The second kappa shape index (κ2) is 7.71. The van der Waals surface area contributed by atoms with Gasteiger partial charge < -0.3 is 9.80 Å². The van der Waals surface area contributed by atoms with Gasteiger partial charge in [-0.05, 0) is 18.6 Å². The molecule has 2 rings (SSSR count). The molecule has 1 amide bonds. The number of anilines is 1. The summed E-state index contributed by atoms with van der Waals surface area (Å²) < 4.78 is 12.8. The van der Waals surface area contributed by atoms with E-state index in [1.165, 1.54) is 12.3 Å². The van der Waals surface area contributed by atoms with E-state index in [0.29, 0.717) is 6.54 Å². The van der Waals surface area contributed by atoms with E-state index >= 15 is 0 Å². The van der Waals surface area contributed by atoms with Crippen molar-refractivity contribution in [3.63, 3.8) is 0 Å². The van der Waals surface area contributed by atoms with Crippen LogP contribution in [-0.2, 0) is 4.79 Å². The Kier molecular flexibility index (Phi) is 6.25. The van der Waals surface area contributed by atoms with E-state index in [9.17, 15) is 9.18 Å². The van der Waals surface area contributed by atoms with E-state index in [1.54, 1.807) is 13.0 Å². The Morgan fingerprint density at radius 1 is 1.21 bits per heavy atom. The molecule has 1 aliphatic heterocycles. The molecular formula is C14H22FN3O. The molecule has 4 nitrogen and oxygen atoms in total. The smallest absolute Gasteiger partial charge is 0.219 e. The van der Waals surface area contributed by atoms with Crippen LogP contribution < -0.4 is 4.90 Å². The van der Waals surface area contributed by atoms with E-state index in [0.717, 1.165) is 31.9 Å². The lowest BCUT2D eigenvalue weighted by atomic mass is 10.3. The maximum absolute atomic E-state index is 12.8. The molecule has 0 spiro atoms. The van der Waals surface area contributed by atoms with Crippen molar-refractivity contribution < 1.29 is 9.18 Å². The van der Waals surface area contributed by atoms with Gasteiger partial charge in [0, 0.05) is 33.1 Å². The highest BCUT2D eigenvalue weighted by Gasteiger charge is 2.17. The van der Waals surface area contributed by atoms with Gasteiger partial charge in [-0.2, -0.15) is 0 Å². The summed E-state index contributed by atoms with van der Waals surface area (Å²) in [6, 6.07) is 3.09. The predicted octanol–water partition coefficient (Wildman–Crippen LogP) is 2.31. The summed E-state index contributed by atoms with van der Waals surface area (Å²) in [5, 5.41) is 0. The Balaban J connectivity index is 0.000000861. The Labute approximate surface area is 114 Å². The minimum absolute atomic E-state index is 0.110. The fourth-order valence-corrected chi connectivity index (χ4v) is 2.02. The number of hydrogen-bond donors (Lipinski definition) is 0. The van der Waals surface area contributed by atoms with Gasteiger partial charge in [-0.3, -0.25) is 4.79 Å². The van der Waals surface area contributed by atoms with Gasteiger partial charge in [0.15, 0.2) is 0 Å². The highest BCUT2D eigenvalue weighted by Crippen LogP contribution is 2.13. The topological polar surface area (TPSA) is 36.4 Å². The van der Waals surface area contributed by atoms with Gasteiger partial charge in [-0.1, -0.05) is 13.8 Å². The number of hydrogen-bond acceptors (Lipinski definition) is 3. The van der Waals surface area contributed by atoms with E-state index in [1.807, 2.05) is 18.7 Å². The fraction of sp³-hybridized carbons (Fsp3) is 0.571. The third-order valence-corrected chi connectivity index (χ3v) is 2.98. The summed E-state index contributed by atoms with van der Waals surface area (Å²) in [6.45, 7) is 8.67. The number of pyridine rings is 1. The monoisotopic (exact) mass is 267 g/mol. The zero-order valence-corrected chi connectivity index (χ0v) is 11.9. The van der Waals surface area contributed by atoms with Crippen LogP contribution in [0.1, 0.15) is 27.2 Å². The molecule has 0 aromatic carbocycles. The van der Waals surface area contributed by atoms with Gasteiger partial charge in [0.05, 0.1) is 6.20 Å². The van der Waals surface area contributed by atoms with Crippen molar-refractivity contribution >= 4 is 11.7 Å². The summed E-state index contributed by atoms with van der Waals surface area (Å²) in [5.74, 6) is 0.560. The molecule has 5 heteroatoms. The van der Waals surface area contributed by atoms with Crippen LogP contribution in [0.15, 0.2) is 18.3 Å². The molecule has 1 saturated heterocycles. The van der Waals surface area contributed by atoms with Gasteiger partial charge in [0.1, 0.15) is 11.6 Å². The number of carbonyl (C=O) groups excluding carboxylic acids is 1. The molecular weight excluding hydrogens is 245 g/mol. The summed E-state index contributed by atoms with van der Waals surface area (Å²) in [7, 11) is 0. The lowest BCUT2D eigenvalue weighted by Gasteiger charge is -2.22. The van der Waals surface area contributed by atoms with Crippen molar-refractivity contribution in [3.05, 3.63) is 24.1 Å². The number of rotatable bonds is 1. The molecule has 2 heterocycles. The first-order valence-corrected chi connectivity index (χ1v) is 6.79. The van der Waals surface area contributed by atoms with Gasteiger partial charge in [0.2, 0.25) is 5.91 Å². The molecule has 0 atom stereocenters.